The molecule has 11 heavy (non-hydrogen) atoms. The molecule has 1 aromatic heterocycles. The largest absolute Gasteiger partial charge is 0.806 e. The van der Waals surface area contributed by atoms with Crippen molar-refractivity contribution < 1.29 is 0 Å². The van der Waals surface area contributed by atoms with E-state index in [4.69, 9.17) is 0 Å². The molecule has 0 unspecified atom stereocenters. The van der Waals surface area contributed by atoms with Crippen LogP contribution in [-0.4, -0.2) is 4.73 Å². The fourth-order valence-corrected chi connectivity index (χ4v) is 1.15. The molecule has 1 aromatic rings. The lowest BCUT2D eigenvalue weighted by atomic mass is 10.2. The maximum absolute atomic E-state index is 10.9. The minimum absolute atomic E-state index is 0.901. The van der Waals surface area contributed by atoms with Gasteiger partial charge in [0.1, 0.15) is 0 Å². The van der Waals surface area contributed by atoms with E-state index in [-0.39, 0.29) is 0 Å². The van der Waals surface area contributed by atoms with Crippen LogP contribution in [0.25, 0.3) is 0 Å². The lowest BCUT2D eigenvalue weighted by molar-refractivity contribution is 0.699. The van der Waals surface area contributed by atoms with Crippen LogP contribution in [0.2, 0.25) is 0 Å². The van der Waals surface area contributed by atoms with Gasteiger partial charge in [0.05, 0.1) is 0 Å². The van der Waals surface area contributed by atoms with Gasteiger partial charge in [-0.15, -0.1) is 0 Å². The molecule has 0 radical (unpaired) electrons. The summed E-state index contributed by atoms with van der Waals surface area (Å²) in [5.74, 6) is 0. The van der Waals surface area contributed by atoms with Gasteiger partial charge in [0, 0.05) is 5.69 Å². The third-order valence-corrected chi connectivity index (χ3v) is 1.83. The Morgan fingerprint density at radius 1 is 1.45 bits per heavy atom. The van der Waals surface area contributed by atoms with E-state index in [1.165, 1.54) is 12.8 Å². The molecule has 1 rings (SSSR count). The summed E-state index contributed by atoms with van der Waals surface area (Å²) in [6.07, 6.45) is 6.03. The Bertz CT molecular complexity index is 205. The van der Waals surface area contributed by atoms with Crippen LogP contribution < -0.4 is 0 Å². The molecule has 0 fully saturated rings. The fourth-order valence-electron chi connectivity index (χ4n) is 1.15. The molecule has 62 valence electrons. The molecule has 1 heterocycles. The van der Waals surface area contributed by atoms with Crippen molar-refractivity contribution in [3.8, 4) is 0 Å². The Morgan fingerprint density at radius 2 is 2.27 bits per heavy atom. The van der Waals surface area contributed by atoms with Crippen molar-refractivity contribution in [2.75, 3.05) is 0 Å². The van der Waals surface area contributed by atoms with Gasteiger partial charge < -0.3 is 9.94 Å². The Labute approximate surface area is 67.4 Å². The quantitative estimate of drug-likeness (QED) is 0.609. The Balaban J connectivity index is 2.32. The molecular formula is C9H14NO-. The van der Waals surface area contributed by atoms with Crippen LogP contribution in [0.1, 0.15) is 31.9 Å². The van der Waals surface area contributed by atoms with Crippen LogP contribution in [0.15, 0.2) is 18.3 Å². The molecule has 0 aliphatic rings. The smallest absolute Gasteiger partial charge is 0.0126 e. The third-order valence-electron chi connectivity index (χ3n) is 1.83. The van der Waals surface area contributed by atoms with Crippen molar-refractivity contribution in [1.82, 2.24) is 4.73 Å². The molecule has 0 atom stereocenters. The van der Waals surface area contributed by atoms with Crippen molar-refractivity contribution in [2.24, 2.45) is 0 Å². The second-order valence-corrected chi connectivity index (χ2v) is 2.78. The zero-order chi connectivity index (χ0) is 8.10. The van der Waals surface area contributed by atoms with Crippen molar-refractivity contribution in [1.29, 1.82) is 0 Å². The first kappa shape index (κ1) is 8.18. The highest BCUT2D eigenvalue weighted by atomic mass is 16.5. The summed E-state index contributed by atoms with van der Waals surface area (Å²) >= 11 is 0. The van der Waals surface area contributed by atoms with E-state index in [9.17, 15) is 5.21 Å². The van der Waals surface area contributed by atoms with Gasteiger partial charge in [-0.3, -0.25) is 0 Å². The summed E-state index contributed by atoms with van der Waals surface area (Å²) in [5.41, 5.74) is 0.901. The van der Waals surface area contributed by atoms with E-state index < -0.39 is 0 Å². The normalized spacial score (nSPS) is 10.3. The van der Waals surface area contributed by atoms with E-state index in [2.05, 4.69) is 6.92 Å². The van der Waals surface area contributed by atoms with Crippen LogP contribution in [0.5, 0.6) is 0 Å². The highest BCUT2D eigenvalue weighted by Crippen LogP contribution is 2.06. The molecule has 0 aliphatic heterocycles. The lowest BCUT2D eigenvalue weighted by Crippen LogP contribution is -1.92. The number of aryl methyl sites for hydroxylation is 1. The molecule has 2 heteroatoms. The molecule has 0 bridgehead atoms. The van der Waals surface area contributed by atoms with Crippen LogP contribution >= 0.6 is 0 Å². The molecular weight excluding hydrogens is 138 g/mol. The van der Waals surface area contributed by atoms with Crippen LogP contribution in [0.3, 0.4) is 0 Å². The number of aromatic nitrogens is 1. The van der Waals surface area contributed by atoms with Crippen LogP contribution in [-0.2, 0) is 6.42 Å². The van der Waals surface area contributed by atoms with Crippen LogP contribution in [0, 0.1) is 5.21 Å². The van der Waals surface area contributed by atoms with Gasteiger partial charge >= 0.3 is 0 Å². The maximum Gasteiger partial charge on any atom is 0.0126 e. The molecule has 0 spiro atoms. The summed E-state index contributed by atoms with van der Waals surface area (Å²) in [7, 11) is 0. The Hall–Kier alpha value is -0.920. The average Bonchev–Trinajstić information content (AvgIpc) is 2.37. The highest BCUT2D eigenvalue weighted by molar-refractivity contribution is 5.08. The molecule has 2 nitrogen and oxygen atoms in total. The van der Waals surface area contributed by atoms with Gasteiger partial charge in [-0.2, -0.15) is 0 Å². The van der Waals surface area contributed by atoms with Gasteiger partial charge in [0.25, 0.3) is 0 Å². The summed E-state index contributed by atoms with van der Waals surface area (Å²) in [6.45, 7) is 2.16. The maximum atomic E-state index is 10.9. The second-order valence-electron chi connectivity index (χ2n) is 2.78. The van der Waals surface area contributed by atoms with E-state index >= 15 is 0 Å². The molecule has 0 N–H and O–H groups in total. The van der Waals surface area contributed by atoms with Gasteiger partial charge in [0.2, 0.25) is 0 Å². The minimum Gasteiger partial charge on any atom is -0.806 e. The topological polar surface area (TPSA) is 28.0 Å². The van der Waals surface area contributed by atoms with E-state index in [1.807, 2.05) is 6.07 Å². The standard InChI is InChI=1S/C9H14NO/c1-2-3-4-6-9-7-5-8-10(9)11/h5,7-8H,2-4,6H2,1H3/q-1. The fraction of sp³-hybridized carbons (Fsp3) is 0.556. The lowest BCUT2D eigenvalue weighted by Gasteiger charge is -2.11. The predicted octanol–water partition coefficient (Wildman–Crippen LogP) is 2.57. The summed E-state index contributed by atoms with van der Waals surface area (Å²) in [5, 5.41) is 10.9. The molecule has 0 aromatic carbocycles. The average molecular weight is 152 g/mol. The first-order valence-corrected chi connectivity index (χ1v) is 4.18. The molecule has 0 saturated heterocycles. The summed E-state index contributed by atoms with van der Waals surface area (Å²) in [6, 6.07) is 3.69. The number of unbranched alkanes of at least 4 members (excludes halogenated alkanes) is 2. The number of hydrogen-bond acceptors (Lipinski definition) is 1. The zero-order valence-corrected chi connectivity index (χ0v) is 6.92. The molecule has 0 amide bonds. The summed E-state index contributed by atoms with van der Waals surface area (Å²) in [4.78, 5) is 0. The van der Waals surface area contributed by atoms with E-state index in [0.29, 0.717) is 0 Å². The van der Waals surface area contributed by atoms with Gasteiger partial charge in [-0.25, -0.2) is 0 Å². The molecule has 0 aliphatic carbocycles. The first-order valence-electron chi connectivity index (χ1n) is 4.18. The van der Waals surface area contributed by atoms with Crippen molar-refractivity contribution >= 4 is 0 Å². The number of hydrogen-bond donors (Lipinski definition) is 0. The minimum atomic E-state index is 0.901. The van der Waals surface area contributed by atoms with Gasteiger partial charge in [0.15, 0.2) is 0 Å². The number of nitrogens with zero attached hydrogens (tertiary/aromatic N) is 1. The highest BCUT2D eigenvalue weighted by Gasteiger charge is 1.92. The van der Waals surface area contributed by atoms with E-state index in [1.54, 1.807) is 12.3 Å². The van der Waals surface area contributed by atoms with Crippen LogP contribution in [0.4, 0.5) is 0 Å². The van der Waals surface area contributed by atoms with Crippen molar-refractivity contribution in [2.45, 2.75) is 32.6 Å². The zero-order valence-electron chi connectivity index (χ0n) is 6.92. The third kappa shape index (κ3) is 2.30. The predicted molar refractivity (Wildman–Crippen MR) is 46.4 cm³/mol. The van der Waals surface area contributed by atoms with Crippen molar-refractivity contribution in [3.63, 3.8) is 0 Å². The summed E-state index contributed by atoms with van der Waals surface area (Å²) < 4.78 is 0.954. The second kappa shape index (κ2) is 4.06. The van der Waals surface area contributed by atoms with E-state index in [0.717, 1.165) is 23.3 Å². The van der Waals surface area contributed by atoms with Gasteiger partial charge in [-0.05, 0) is 31.2 Å². The monoisotopic (exact) mass is 152 g/mol. The van der Waals surface area contributed by atoms with Crippen molar-refractivity contribution in [3.05, 3.63) is 29.2 Å². The Morgan fingerprint density at radius 3 is 2.82 bits per heavy atom. The molecule has 0 saturated carbocycles. The Kier molecular flexibility index (Phi) is 3.02. The SMILES string of the molecule is CCCCCc1cccn1[O-]. The van der Waals surface area contributed by atoms with Gasteiger partial charge in [-0.1, -0.05) is 19.8 Å². The number of rotatable bonds is 4. The first-order chi connectivity index (χ1) is 5.34.